The number of nitrogens with one attached hydrogen (secondary N) is 1. The Bertz CT molecular complexity index is 843. The molecule has 8 heteroatoms. The fraction of sp³-hybridized carbons (Fsp3) is 0.312. The lowest BCUT2D eigenvalue weighted by molar-refractivity contribution is -0.129. The van der Waals surface area contributed by atoms with Crippen LogP contribution in [-0.4, -0.2) is 31.8 Å². The highest BCUT2D eigenvalue weighted by Crippen LogP contribution is 2.72. The number of benzene rings is 1. The third-order valence-corrected chi connectivity index (χ3v) is 4.63. The van der Waals surface area contributed by atoms with Crippen molar-refractivity contribution in [3.05, 3.63) is 23.8 Å². The minimum absolute atomic E-state index is 0.122. The van der Waals surface area contributed by atoms with Crippen LogP contribution in [0.3, 0.4) is 0 Å². The van der Waals surface area contributed by atoms with Gasteiger partial charge in [0.1, 0.15) is 0 Å². The highest BCUT2D eigenvalue weighted by atomic mass is 16.5. The molecule has 1 aliphatic heterocycles. The Kier molecular flexibility index (Phi) is 3.10. The van der Waals surface area contributed by atoms with Gasteiger partial charge in [-0.1, -0.05) is 0 Å². The fourth-order valence-electron chi connectivity index (χ4n) is 3.35. The summed E-state index contributed by atoms with van der Waals surface area (Å²) < 4.78 is 10.2. The van der Waals surface area contributed by atoms with Gasteiger partial charge in [-0.3, -0.25) is 19.7 Å². The number of fused-ring (bicyclic) bond motifs is 1. The van der Waals surface area contributed by atoms with Crippen LogP contribution >= 0.6 is 0 Å². The molecule has 8 nitrogen and oxygen atoms in total. The number of ketones is 1. The zero-order chi connectivity index (χ0) is 17.7. The summed E-state index contributed by atoms with van der Waals surface area (Å²) in [5, 5.41) is 20.7. The van der Waals surface area contributed by atoms with Crippen molar-refractivity contribution in [3.8, 4) is 23.6 Å². The molecule has 2 aliphatic rings. The largest absolute Gasteiger partial charge is 0.493 e. The Hall–Kier alpha value is -3.39. The van der Waals surface area contributed by atoms with E-state index in [-0.39, 0.29) is 11.3 Å². The second kappa shape index (κ2) is 4.80. The highest BCUT2D eigenvalue weighted by Gasteiger charge is 2.92. The van der Waals surface area contributed by atoms with Crippen LogP contribution in [0, 0.1) is 39.4 Å². The number of nitriles is 2. The minimum atomic E-state index is -1.97. The molecule has 120 valence electrons. The lowest BCUT2D eigenvalue weighted by Gasteiger charge is -2.10. The normalized spacial score (nSPS) is 29.8. The summed E-state index contributed by atoms with van der Waals surface area (Å²) in [6.45, 7) is 0. The first-order chi connectivity index (χ1) is 11.4. The van der Waals surface area contributed by atoms with Crippen LogP contribution in [0.25, 0.3) is 0 Å². The van der Waals surface area contributed by atoms with E-state index in [0.717, 1.165) is 0 Å². The van der Waals surface area contributed by atoms with Crippen molar-refractivity contribution < 1.29 is 23.9 Å². The van der Waals surface area contributed by atoms with Gasteiger partial charge in [-0.2, -0.15) is 10.5 Å². The van der Waals surface area contributed by atoms with E-state index in [0.29, 0.717) is 5.75 Å². The van der Waals surface area contributed by atoms with Crippen molar-refractivity contribution in [2.24, 2.45) is 16.7 Å². The van der Waals surface area contributed by atoms with Crippen LogP contribution in [-0.2, 0) is 9.59 Å². The lowest BCUT2D eigenvalue weighted by atomic mass is 9.98. The average molecular weight is 325 g/mol. The number of hydrogen-bond donors (Lipinski definition) is 1. The van der Waals surface area contributed by atoms with Gasteiger partial charge in [-0.15, -0.1) is 0 Å². The molecule has 1 saturated carbocycles. The Morgan fingerprint density at radius 1 is 1.08 bits per heavy atom. The van der Waals surface area contributed by atoms with Crippen LogP contribution in [0.4, 0.5) is 0 Å². The standard InChI is InChI=1S/C16H11N3O5/c1-23-9-4-3-8(5-10(9)24-2)11(20)12-15(6-17)13(21)19-14(22)16(12,15)7-18/h3-5,12H,1-2H3,(H,19,21,22)/t15-,16-/m0/s1. The summed E-state index contributed by atoms with van der Waals surface area (Å²) in [6, 6.07) is 7.71. The van der Waals surface area contributed by atoms with E-state index in [1.165, 1.54) is 32.4 Å². The predicted octanol–water partition coefficient (Wildman–Crippen LogP) is 0.193. The predicted molar refractivity (Wildman–Crippen MR) is 76.6 cm³/mol. The molecule has 0 spiro atoms. The summed E-state index contributed by atoms with van der Waals surface area (Å²) in [6.07, 6.45) is 0. The van der Waals surface area contributed by atoms with Gasteiger partial charge in [-0.25, -0.2) is 0 Å². The molecule has 0 bridgehead atoms. The number of imide groups is 1. The third kappa shape index (κ3) is 1.47. The first-order valence-electron chi connectivity index (χ1n) is 6.89. The molecule has 1 aliphatic carbocycles. The van der Waals surface area contributed by atoms with E-state index >= 15 is 0 Å². The van der Waals surface area contributed by atoms with Gasteiger partial charge in [0.2, 0.25) is 11.8 Å². The number of rotatable bonds is 4. The summed E-state index contributed by atoms with van der Waals surface area (Å²) in [7, 11) is 2.82. The fourth-order valence-corrected chi connectivity index (χ4v) is 3.35. The smallest absolute Gasteiger partial charge is 0.250 e. The van der Waals surface area contributed by atoms with E-state index in [2.05, 4.69) is 0 Å². The van der Waals surface area contributed by atoms with Crippen LogP contribution in [0.15, 0.2) is 18.2 Å². The minimum Gasteiger partial charge on any atom is -0.493 e. The molecule has 3 rings (SSSR count). The van der Waals surface area contributed by atoms with Gasteiger partial charge < -0.3 is 9.47 Å². The second-order valence-corrected chi connectivity index (χ2v) is 5.49. The van der Waals surface area contributed by atoms with Crippen LogP contribution < -0.4 is 14.8 Å². The van der Waals surface area contributed by atoms with E-state index in [4.69, 9.17) is 9.47 Å². The van der Waals surface area contributed by atoms with Gasteiger partial charge in [0.15, 0.2) is 28.1 Å². The van der Waals surface area contributed by atoms with Crippen molar-refractivity contribution in [1.29, 1.82) is 10.5 Å². The molecule has 24 heavy (non-hydrogen) atoms. The zero-order valence-electron chi connectivity index (χ0n) is 12.7. The molecule has 1 aromatic rings. The van der Waals surface area contributed by atoms with E-state index in [1.54, 1.807) is 12.1 Å². The summed E-state index contributed by atoms with van der Waals surface area (Å²) in [5.41, 5.74) is -3.82. The molecule has 0 unspecified atom stereocenters. The molecule has 1 heterocycles. The maximum atomic E-state index is 12.8. The lowest BCUT2D eigenvalue weighted by Crippen LogP contribution is -2.34. The maximum absolute atomic E-state index is 12.8. The van der Waals surface area contributed by atoms with E-state index < -0.39 is 34.3 Å². The van der Waals surface area contributed by atoms with Crippen molar-refractivity contribution in [1.82, 2.24) is 5.32 Å². The van der Waals surface area contributed by atoms with Gasteiger partial charge in [0, 0.05) is 5.56 Å². The van der Waals surface area contributed by atoms with Crippen molar-refractivity contribution >= 4 is 17.6 Å². The number of ether oxygens (including phenoxy) is 2. The first-order valence-corrected chi connectivity index (χ1v) is 6.89. The zero-order valence-corrected chi connectivity index (χ0v) is 12.7. The summed E-state index contributed by atoms with van der Waals surface area (Å²) in [4.78, 5) is 36.8. The number of hydrogen-bond acceptors (Lipinski definition) is 7. The molecule has 1 N–H and O–H groups in total. The quantitative estimate of drug-likeness (QED) is 0.618. The van der Waals surface area contributed by atoms with Gasteiger partial charge in [0.05, 0.1) is 32.3 Å². The molecule has 2 amide bonds. The van der Waals surface area contributed by atoms with Gasteiger partial charge >= 0.3 is 0 Å². The first kappa shape index (κ1) is 15.5. The summed E-state index contributed by atoms with van der Waals surface area (Å²) >= 11 is 0. The third-order valence-electron chi connectivity index (χ3n) is 4.63. The average Bonchev–Trinajstić information content (AvgIpc) is 3.17. The number of carbonyl (C=O) groups excluding carboxylic acids is 3. The molecule has 1 aromatic carbocycles. The Labute approximate surface area is 136 Å². The second-order valence-electron chi connectivity index (χ2n) is 5.49. The van der Waals surface area contributed by atoms with Gasteiger partial charge in [0.25, 0.3) is 0 Å². The van der Waals surface area contributed by atoms with Gasteiger partial charge in [-0.05, 0) is 18.2 Å². The number of Topliss-reactive ketones (excluding diaryl/α,β-unsaturated/α-hetero) is 1. The Morgan fingerprint density at radius 3 is 2.08 bits per heavy atom. The Balaban J connectivity index is 2.07. The molecule has 2 atom stereocenters. The maximum Gasteiger partial charge on any atom is 0.250 e. The molecule has 1 saturated heterocycles. The number of carbonyl (C=O) groups is 3. The highest BCUT2D eigenvalue weighted by molar-refractivity contribution is 6.25. The Morgan fingerprint density at radius 2 is 1.62 bits per heavy atom. The van der Waals surface area contributed by atoms with E-state index in [9.17, 15) is 24.9 Å². The SMILES string of the molecule is COc1ccc(C(=O)C2[C@@]3(C#N)C(=O)NC(=O)[C@]23C#N)cc1OC. The number of amides is 2. The van der Waals surface area contributed by atoms with Crippen LogP contribution in [0.2, 0.25) is 0 Å². The van der Waals surface area contributed by atoms with E-state index in [1.807, 2.05) is 5.32 Å². The van der Waals surface area contributed by atoms with Crippen molar-refractivity contribution in [3.63, 3.8) is 0 Å². The monoisotopic (exact) mass is 325 g/mol. The molecular formula is C16H11N3O5. The molecule has 2 fully saturated rings. The van der Waals surface area contributed by atoms with Crippen molar-refractivity contribution in [2.45, 2.75) is 0 Å². The molecule has 0 aromatic heterocycles. The van der Waals surface area contributed by atoms with Crippen molar-refractivity contribution in [2.75, 3.05) is 14.2 Å². The molecule has 0 radical (unpaired) electrons. The molecular weight excluding hydrogens is 314 g/mol. The number of nitrogens with zero attached hydrogens (tertiary/aromatic N) is 2. The topological polar surface area (TPSA) is 129 Å². The van der Waals surface area contributed by atoms with Crippen LogP contribution in [0.5, 0.6) is 11.5 Å². The van der Waals surface area contributed by atoms with Crippen LogP contribution in [0.1, 0.15) is 10.4 Å². The summed E-state index contributed by atoms with van der Waals surface area (Å²) in [5.74, 6) is -3.11. The number of piperidine rings is 1. The number of methoxy groups -OCH3 is 2.